The molecule has 0 saturated heterocycles. The van der Waals surface area contributed by atoms with Crippen molar-refractivity contribution in [2.75, 3.05) is 6.54 Å². The van der Waals surface area contributed by atoms with Crippen molar-refractivity contribution in [3.63, 3.8) is 0 Å². The van der Waals surface area contributed by atoms with E-state index in [1.165, 1.54) is 141 Å². The highest BCUT2D eigenvalue weighted by molar-refractivity contribution is 4.51. The summed E-state index contributed by atoms with van der Waals surface area (Å²) < 4.78 is 0. The molecule has 27 heavy (non-hydrogen) atoms. The maximum atomic E-state index is 10.2. The zero-order valence-electron chi connectivity index (χ0n) is 19.0. The second kappa shape index (κ2) is 25.9. The lowest BCUT2D eigenvalue weighted by Gasteiger charge is -2.04. The van der Waals surface area contributed by atoms with Gasteiger partial charge in [-0.15, -0.1) is 0 Å². The predicted octanol–water partition coefficient (Wildman–Crippen LogP) is 8.04. The van der Waals surface area contributed by atoms with Crippen LogP contribution in [0.4, 0.5) is 0 Å². The number of unbranched alkanes of at least 4 members (excludes halogenated alkanes) is 22. The van der Waals surface area contributed by atoms with Gasteiger partial charge in [0.05, 0.1) is 6.54 Å². The number of hydrogen-bond donors (Lipinski definition) is 1. The molecule has 0 atom stereocenters. The van der Waals surface area contributed by atoms with Crippen LogP contribution in [0.2, 0.25) is 0 Å². The van der Waals surface area contributed by atoms with Crippen molar-refractivity contribution < 1.29 is 5.48 Å². The van der Waals surface area contributed by atoms with Gasteiger partial charge in [0.25, 0.3) is 0 Å². The molecule has 2 N–H and O–H groups in total. The number of quaternary nitrogens is 1. The largest absolute Gasteiger partial charge is 0.636 e. The molecule has 0 aliphatic heterocycles. The molecule has 0 bridgehead atoms. The molecule has 0 aliphatic carbocycles. The van der Waals surface area contributed by atoms with Gasteiger partial charge in [0.2, 0.25) is 0 Å². The Morgan fingerprint density at radius 2 is 0.593 bits per heavy atom. The Kier molecular flexibility index (Phi) is 25.8. The lowest BCUT2D eigenvalue weighted by atomic mass is 10.0. The lowest BCUT2D eigenvalue weighted by Crippen LogP contribution is -2.77. The average molecular weight is 384 g/mol. The Morgan fingerprint density at radius 1 is 0.370 bits per heavy atom. The molecule has 0 rings (SSSR count). The quantitative estimate of drug-likeness (QED) is 0.133. The molecule has 2 heteroatoms. The van der Waals surface area contributed by atoms with E-state index in [1.807, 2.05) is 0 Å². The Bertz CT molecular complexity index is 220. The Balaban J connectivity index is 2.95. The maximum absolute atomic E-state index is 10.2. The molecule has 0 aromatic heterocycles. The van der Waals surface area contributed by atoms with Crippen LogP contribution in [-0.4, -0.2) is 6.54 Å². The molecule has 0 radical (unpaired) electrons. The summed E-state index contributed by atoms with van der Waals surface area (Å²) in [6, 6.07) is 0. The molecule has 0 aromatic rings. The molecule has 164 valence electrons. The predicted molar refractivity (Wildman–Crippen MR) is 122 cm³/mol. The molecule has 0 unspecified atom stereocenters. The van der Waals surface area contributed by atoms with Crippen LogP contribution in [0.3, 0.4) is 0 Å². The summed E-state index contributed by atoms with van der Waals surface area (Å²) >= 11 is 0. The number of hydroxylamine groups is 1. The van der Waals surface area contributed by atoms with Crippen molar-refractivity contribution in [2.45, 2.75) is 155 Å². The minimum atomic E-state index is 0.763. The van der Waals surface area contributed by atoms with Crippen molar-refractivity contribution in [1.82, 2.24) is 0 Å². The standard InChI is InChI=1S/C25H53NO/c1-2-3-4-5-6-7-8-9-10-11-12-13-14-15-16-17-18-19-20-21-22-23-24-25-26-27/h2-26H2,1H3. The zero-order valence-corrected chi connectivity index (χ0v) is 19.0. The van der Waals surface area contributed by atoms with Crippen LogP contribution >= 0.6 is 0 Å². The van der Waals surface area contributed by atoms with E-state index in [1.54, 1.807) is 0 Å². The first-order valence-corrected chi connectivity index (χ1v) is 12.9. The Labute approximate surface area is 172 Å². The SMILES string of the molecule is CCCCCCCCCCCCCCCCCCCCCCCCC[NH2+][O-]. The maximum Gasteiger partial charge on any atom is 0.0752 e. The molecule has 0 fully saturated rings. The molecule has 0 spiro atoms. The van der Waals surface area contributed by atoms with E-state index in [2.05, 4.69) is 6.92 Å². The molecular weight excluding hydrogens is 330 g/mol. The third kappa shape index (κ3) is 25.9. The second-order valence-electron chi connectivity index (χ2n) is 8.73. The smallest absolute Gasteiger partial charge is 0.0752 e. The van der Waals surface area contributed by atoms with E-state index in [-0.39, 0.29) is 0 Å². The van der Waals surface area contributed by atoms with Crippen LogP contribution in [0.25, 0.3) is 0 Å². The first kappa shape index (κ1) is 26.9. The fourth-order valence-electron chi connectivity index (χ4n) is 4.01. The highest BCUT2D eigenvalue weighted by Gasteiger charge is 1.95. The molecular formula is C25H53NO. The van der Waals surface area contributed by atoms with Crippen LogP contribution in [0.1, 0.15) is 155 Å². The van der Waals surface area contributed by atoms with Gasteiger partial charge in [-0.2, -0.15) is 0 Å². The van der Waals surface area contributed by atoms with Crippen LogP contribution in [0.15, 0.2) is 0 Å². The van der Waals surface area contributed by atoms with Crippen molar-refractivity contribution in [3.8, 4) is 0 Å². The van der Waals surface area contributed by atoms with E-state index in [9.17, 15) is 5.21 Å². The van der Waals surface area contributed by atoms with Gasteiger partial charge < -0.3 is 10.7 Å². The van der Waals surface area contributed by atoms with Crippen molar-refractivity contribution in [2.24, 2.45) is 0 Å². The number of hydrogen-bond acceptors (Lipinski definition) is 1. The summed E-state index contributed by atoms with van der Waals surface area (Å²) in [5, 5.41) is 10.2. The van der Waals surface area contributed by atoms with Crippen LogP contribution in [0, 0.1) is 5.21 Å². The third-order valence-electron chi connectivity index (χ3n) is 5.93. The molecule has 0 saturated carbocycles. The summed E-state index contributed by atoms with van der Waals surface area (Å²) in [6.07, 6.45) is 32.7. The van der Waals surface area contributed by atoms with Gasteiger partial charge in [0, 0.05) is 0 Å². The van der Waals surface area contributed by atoms with Gasteiger partial charge in [-0.05, 0) is 12.8 Å². The average Bonchev–Trinajstić information content (AvgIpc) is 2.68. The Morgan fingerprint density at radius 3 is 0.815 bits per heavy atom. The highest BCUT2D eigenvalue weighted by Crippen LogP contribution is 2.15. The van der Waals surface area contributed by atoms with Crippen LogP contribution in [0.5, 0.6) is 0 Å². The van der Waals surface area contributed by atoms with Gasteiger partial charge in [-0.1, -0.05) is 142 Å². The normalized spacial score (nSPS) is 11.3. The molecule has 0 amide bonds. The molecule has 0 aromatic carbocycles. The minimum Gasteiger partial charge on any atom is -0.636 e. The van der Waals surface area contributed by atoms with Gasteiger partial charge in [0.1, 0.15) is 0 Å². The van der Waals surface area contributed by atoms with Gasteiger partial charge in [-0.25, -0.2) is 0 Å². The minimum absolute atomic E-state index is 0.763. The van der Waals surface area contributed by atoms with Crippen LogP contribution in [-0.2, 0) is 0 Å². The van der Waals surface area contributed by atoms with Gasteiger partial charge >= 0.3 is 0 Å². The Hall–Kier alpha value is -0.0800. The molecule has 2 nitrogen and oxygen atoms in total. The topological polar surface area (TPSA) is 39.7 Å². The van der Waals surface area contributed by atoms with E-state index in [0.717, 1.165) is 18.4 Å². The summed E-state index contributed by atoms with van der Waals surface area (Å²) in [4.78, 5) is 0. The van der Waals surface area contributed by atoms with E-state index in [4.69, 9.17) is 0 Å². The van der Waals surface area contributed by atoms with E-state index in [0.29, 0.717) is 0 Å². The number of rotatable bonds is 24. The summed E-state index contributed by atoms with van der Waals surface area (Å²) in [7, 11) is 0. The van der Waals surface area contributed by atoms with Crippen LogP contribution < -0.4 is 5.48 Å². The first-order valence-electron chi connectivity index (χ1n) is 12.9. The fraction of sp³-hybridized carbons (Fsp3) is 1.00. The summed E-state index contributed by atoms with van der Waals surface area (Å²) in [5.41, 5.74) is 1.05. The third-order valence-corrected chi connectivity index (χ3v) is 5.93. The van der Waals surface area contributed by atoms with Crippen molar-refractivity contribution in [3.05, 3.63) is 5.21 Å². The van der Waals surface area contributed by atoms with Crippen molar-refractivity contribution in [1.29, 1.82) is 0 Å². The first-order chi connectivity index (χ1) is 13.4. The van der Waals surface area contributed by atoms with E-state index < -0.39 is 0 Å². The molecule has 0 aliphatic rings. The lowest BCUT2D eigenvalue weighted by molar-refractivity contribution is -0.589. The fourth-order valence-corrected chi connectivity index (χ4v) is 4.01. The highest BCUT2D eigenvalue weighted by atomic mass is 16.5. The van der Waals surface area contributed by atoms with Gasteiger partial charge in [-0.3, -0.25) is 0 Å². The number of nitrogens with two attached hydrogens (primary N) is 1. The van der Waals surface area contributed by atoms with E-state index >= 15 is 0 Å². The summed E-state index contributed by atoms with van der Waals surface area (Å²) in [6.45, 7) is 3.06. The summed E-state index contributed by atoms with van der Waals surface area (Å²) in [5.74, 6) is 0. The second-order valence-corrected chi connectivity index (χ2v) is 8.73. The van der Waals surface area contributed by atoms with Crippen molar-refractivity contribution >= 4 is 0 Å². The molecule has 0 heterocycles. The van der Waals surface area contributed by atoms with Gasteiger partial charge in [0.15, 0.2) is 0 Å². The monoisotopic (exact) mass is 383 g/mol. The zero-order chi connectivity index (χ0) is 19.7.